The molecule has 3 fully saturated rings. The summed E-state index contributed by atoms with van der Waals surface area (Å²) >= 11 is 0. The van der Waals surface area contributed by atoms with Crippen LogP contribution < -0.4 is 5.32 Å². The van der Waals surface area contributed by atoms with Crippen LogP contribution >= 0.6 is 0 Å². The van der Waals surface area contributed by atoms with Crippen molar-refractivity contribution in [1.29, 1.82) is 0 Å². The van der Waals surface area contributed by atoms with E-state index in [1.165, 1.54) is 0 Å². The molecule has 4 rings (SSSR count). The summed E-state index contributed by atoms with van der Waals surface area (Å²) in [6.07, 6.45) is 0. The van der Waals surface area contributed by atoms with Crippen molar-refractivity contribution in [3.05, 3.63) is 34.4 Å². The molecule has 1 unspecified atom stereocenters. The molecule has 0 radical (unpaired) electrons. The average Bonchev–Trinajstić information content (AvgIpc) is 2.46. The molecule has 1 N–H and O–H groups in total. The topological polar surface area (TPSA) is 61.7 Å². The number of para-hydroxylation sites is 2. The van der Waals surface area contributed by atoms with Crippen molar-refractivity contribution in [3.63, 3.8) is 0 Å². The van der Waals surface area contributed by atoms with Gasteiger partial charge in [0.25, 0.3) is 5.69 Å². The van der Waals surface area contributed by atoms with Crippen LogP contribution in [0.5, 0.6) is 0 Å². The maximum Gasteiger partial charge on any atom is 0.292 e. The Labute approximate surface area is 112 Å². The molecule has 0 saturated carbocycles. The fourth-order valence-corrected chi connectivity index (χ4v) is 2.93. The van der Waals surface area contributed by atoms with E-state index in [0.717, 1.165) is 39.3 Å². The van der Waals surface area contributed by atoms with Crippen molar-refractivity contribution in [2.75, 3.05) is 44.6 Å². The highest BCUT2D eigenvalue weighted by Crippen LogP contribution is 2.24. The molecule has 1 atom stereocenters. The summed E-state index contributed by atoms with van der Waals surface area (Å²) in [7, 11) is 0. The maximum absolute atomic E-state index is 10.9. The molecule has 1 aromatic carbocycles. The lowest BCUT2D eigenvalue weighted by molar-refractivity contribution is -0.384. The maximum atomic E-state index is 10.9. The molecule has 102 valence electrons. The third-order valence-corrected chi connectivity index (χ3v) is 4.02. The van der Waals surface area contributed by atoms with Crippen LogP contribution in [0.2, 0.25) is 0 Å². The summed E-state index contributed by atoms with van der Waals surface area (Å²) in [5, 5.41) is 14.2. The Bertz CT molecular complexity index is 471. The molecule has 19 heavy (non-hydrogen) atoms. The molecule has 1 aromatic rings. The minimum absolute atomic E-state index is 0.152. The highest BCUT2D eigenvalue weighted by atomic mass is 16.6. The SMILES string of the molecule is O=[N+]([O-])c1ccccc1NCC1CN2CCN1CC2. The Morgan fingerprint density at radius 3 is 2.63 bits per heavy atom. The monoisotopic (exact) mass is 262 g/mol. The van der Waals surface area contributed by atoms with Crippen molar-refractivity contribution < 1.29 is 4.92 Å². The normalized spacial score (nSPS) is 29.2. The van der Waals surface area contributed by atoms with Gasteiger partial charge in [-0.05, 0) is 6.07 Å². The second-order valence-corrected chi connectivity index (χ2v) is 5.15. The van der Waals surface area contributed by atoms with Crippen LogP contribution in [-0.2, 0) is 0 Å². The number of nitro benzene ring substituents is 1. The first-order valence-corrected chi connectivity index (χ1v) is 6.68. The minimum atomic E-state index is -0.334. The predicted octanol–water partition coefficient (Wildman–Crippen LogP) is 1.01. The lowest BCUT2D eigenvalue weighted by atomic mass is 10.1. The molecule has 3 aliphatic heterocycles. The quantitative estimate of drug-likeness (QED) is 0.648. The molecule has 3 heterocycles. The Morgan fingerprint density at radius 2 is 2.00 bits per heavy atom. The molecule has 0 amide bonds. The van der Waals surface area contributed by atoms with Gasteiger partial charge in [-0.1, -0.05) is 12.1 Å². The standard InChI is InChI=1S/C13H18N4O2/c18-17(19)13-4-2-1-3-12(13)14-9-11-10-15-5-7-16(11)8-6-15/h1-4,11,14H,5-10H2. The Kier molecular flexibility index (Phi) is 3.35. The molecule has 3 aliphatic rings. The number of nitro groups is 1. The number of fused-ring (bicyclic) bond motifs is 3. The van der Waals surface area contributed by atoms with Gasteiger partial charge in [0.1, 0.15) is 5.69 Å². The van der Waals surface area contributed by atoms with E-state index in [2.05, 4.69) is 15.1 Å². The third kappa shape index (κ3) is 2.54. The number of nitrogens with zero attached hydrogens (tertiary/aromatic N) is 3. The smallest absolute Gasteiger partial charge is 0.292 e. The van der Waals surface area contributed by atoms with Crippen molar-refractivity contribution in [3.8, 4) is 0 Å². The van der Waals surface area contributed by atoms with E-state index in [1.54, 1.807) is 18.2 Å². The van der Waals surface area contributed by atoms with Gasteiger partial charge in [-0.15, -0.1) is 0 Å². The van der Waals surface area contributed by atoms with Gasteiger partial charge in [0.15, 0.2) is 0 Å². The molecule has 0 aromatic heterocycles. The molecule has 6 nitrogen and oxygen atoms in total. The molecular formula is C13H18N4O2. The second kappa shape index (κ2) is 5.14. The fraction of sp³-hybridized carbons (Fsp3) is 0.538. The van der Waals surface area contributed by atoms with Crippen molar-refractivity contribution in [2.45, 2.75) is 6.04 Å². The van der Waals surface area contributed by atoms with Crippen molar-refractivity contribution in [2.24, 2.45) is 0 Å². The Balaban J connectivity index is 1.65. The number of piperazine rings is 3. The van der Waals surface area contributed by atoms with Gasteiger partial charge in [-0.25, -0.2) is 0 Å². The van der Waals surface area contributed by atoms with Crippen LogP contribution in [0.15, 0.2) is 24.3 Å². The second-order valence-electron chi connectivity index (χ2n) is 5.15. The lowest BCUT2D eigenvalue weighted by Crippen LogP contribution is -2.62. The van der Waals surface area contributed by atoms with E-state index in [0.29, 0.717) is 11.7 Å². The summed E-state index contributed by atoms with van der Waals surface area (Å²) in [5.41, 5.74) is 0.768. The predicted molar refractivity (Wildman–Crippen MR) is 73.4 cm³/mol. The Hall–Kier alpha value is -1.66. The minimum Gasteiger partial charge on any atom is -0.378 e. The van der Waals surface area contributed by atoms with Crippen LogP contribution in [0.3, 0.4) is 0 Å². The number of nitrogens with one attached hydrogen (secondary N) is 1. The van der Waals surface area contributed by atoms with Gasteiger partial charge in [0.05, 0.1) is 4.92 Å². The number of benzene rings is 1. The highest BCUT2D eigenvalue weighted by Gasteiger charge is 2.31. The van der Waals surface area contributed by atoms with Gasteiger partial charge in [-0.3, -0.25) is 19.9 Å². The number of rotatable bonds is 4. The zero-order chi connectivity index (χ0) is 13.2. The number of hydrogen-bond donors (Lipinski definition) is 1. The van der Waals surface area contributed by atoms with Crippen LogP contribution in [0.1, 0.15) is 0 Å². The van der Waals surface area contributed by atoms with Crippen LogP contribution in [0, 0.1) is 10.1 Å². The first-order chi connectivity index (χ1) is 9.24. The van der Waals surface area contributed by atoms with Crippen LogP contribution in [0.4, 0.5) is 11.4 Å². The molecule has 0 spiro atoms. The highest BCUT2D eigenvalue weighted by molar-refractivity contribution is 5.61. The van der Waals surface area contributed by atoms with E-state index in [1.807, 2.05) is 6.07 Å². The number of anilines is 1. The largest absolute Gasteiger partial charge is 0.378 e. The molecule has 2 bridgehead atoms. The first-order valence-electron chi connectivity index (χ1n) is 6.68. The van der Waals surface area contributed by atoms with E-state index in [-0.39, 0.29) is 10.6 Å². The van der Waals surface area contributed by atoms with Gasteiger partial charge in [-0.2, -0.15) is 0 Å². The summed E-state index contributed by atoms with van der Waals surface area (Å²) < 4.78 is 0. The summed E-state index contributed by atoms with van der Waals surface area (Å²) in [6.45, 7) is 6.37. The molecule has 3 saturated heterocycles. The van der Waals surface area contributed by atoms with Crippen molar-refractivity contribution in [1.82, 2.24) is 9.80 Å². The van der Waals surface area contributed by atoms with E-state index >= 15 is 0 Å². The average molecular weight is 262 g/mol. The van der Waals surface area contributed by atoms with Crippen LogP contribution in [0.25, 0.3) is 0 Å². The van der Waals surface area contributed by atoms with Crippen molar-refractivity contribution >= 4 is 11.4 Å². The van der Waals surface area contributed by atoms with E-state index < -0.39 is 0 Å². The zero-order valence-corrected chi connectivity index (χ0v) is 10.8. The van der Waals surface area contributed by atoms with Gasteiger partial charge >= 0.3 is 0 Å². The zero-order valence-electron chi connectivity index (χ0n) is 10.8. The van der Waals surface area contributed by atoms with Gasteiger partial charge in [0, 0.05) is 51.4 Å². The molecular weight excluding hydrogens is 244 g/mol. The van der Waals surface area contributed by atoms with Gasteiger partial charge in [0.2, 0.25) is 0 Å². The molecule has 6 heteroatoms. The number of hydrogen-bond acceptors (Lipinski definition) is 5. The first kappa shape index (κ1) is 12.4. The third-order valence-electron chi connectivity index (χ3n) is 4.02. The van der Waals surface area contributed by atoms with Gasteiger partial charge < -0.3 is 5.32 Å². The Morgan fingerprint density at radius 1 is 1.26 bits per heavy atom. The summed E-state index contributed by atoms with van der Waals surface area (Å²) in [6, 6.07) is 7.29. The lowest BCUT2D eigenvalue weighted by Gasteiger charge is -2.47. The fourth-order valence-electron chi connectivity index (χ4n) is 2.93. The van der Waals surface area contributed by atoms with E-state index in [9.17, 15) is 10.1 Å². The molecule has 0 aliphatic carbocycles. The summed E-state index contributed by atoms with van der Waals surface area (Å²) in [4.78, 5) is 15.6. The van der Waals surface area contributed by atoms with Crippen LogP contribution in [-0.4, -0.2) is 60.0 Å². The summed E-state index contributed by atoms with van der Waals surface area (Å²) in [5.74, 6) is 0. The van der Waals surface area contributed by atoms with E-state index in [4.69, 9.17) is 0 Å².